The maximum absolute atomic E-state index is 12.9. The zero-order valence-electron chi connectivity index (χ0n) is 40.6. The van der Waals surface area contributed by atoms with E-state index in [1.165, 1.54) is 136 Å². The molecule has 0 heterocycles. The van der Waals surface area contributed by atoms with Crippen LogP contribution in [-0.4, -0.2) is 94.2 Å². The van der Waals surface area contributed by atoms with Crippen molar-refractivity contribution in [1.82, 2.24) is 9.80 Å². The summed E-state index contributed by atoms with van der Waals surface area (Å²) >= 11 is 0. The van der Waals surface area contributed by atoms with Gasteiger partial charge in [0.15, 0.2) is 0 Å². The fourth-order valence-electron chi connectivity index (χ4n) is 8.04. The van der Waals surface area contributed by atoms with Gasteiger partial charge < -0.3 is 9.47 Å². The average molecular weight is 857 g/mol. The second-order valence-electron chi connectivity index (χ2n) is 17.3. The van der Waals surface area contributed by atoms with Crippen LogP contribution in [0.15, 0.2) is 0 Å². The van der Waals surface area contributed by atoms with E-state index in [1.54, 1.807) is 0 Å². The Bertz CT molecular complexity index is 870. The Morgan fingerprint density at radius 3 is 1.25 bits per heavy atom. The number of esters is 2. The van der Waals surface area contributed by atoms with Crippen molar-refractivity contribution in [3.63, 3.8) is 0 Å². The lowest BCUT2D eigenvalue weighted by molar-refractivity contribution is -0.282. The highest BCUT2D eigenvalue weighted by atomic mass is 17.2. The zero-order chi connectivity index (χ0) is 44.0. The van der Waals surface area contributed by atoms with E-state index in [9.17, 15) is 9.59 Å². The van der Waals surface area contributed by atoms with E-state index >= 15 is 0 Å². The molecule has 0 N–H and O–H groups in total. The van der Waals surface area contributed by atoms with Crippen LogP contribution >= 0.6 is 0 Å². The molecule has 0 fully saturated rings. The third-order valence-corrected chi connectivity index (χ3v) is 11.9. The van der Waals surface area contributed by atoms with Crippen LogP contribution in [0.5, 0.6) is 0 Å². The Morgan fingerprint density at radius 1 is 0.417 bits per heavy atom. The van der Waals surface area contributed by atoms with Crippen LogP contribution in [-0.2, 0) is 38.6 Å². The van der Waals surface area contributed by atoms with Gasteiger partial charge in [-0.3, -0.25) is 19.4 Å². The molecule has 1 atom stereocenters. The van der Waals surface area contributed by atoms with E-state index in [0.717, 1.165) is 90.1 Å². The van der Waals surface area contributed by atoms with Gasteiger partial charge in [-0.05, 0) is 77.8 Å². The fourth-order valence-corrected chi connectivity index (χ4v) is 8.04. The Balaban J connectivity index is 4.77. The molecule has 1 unspecified atom stereocenters. The molecule has 0 radical (unpaired) electrons. The van der Waals surface area contributed by atoms with Crippen molar-refractivity contribution in [2.24, 2.45) is 0 Å². The summed E-state index contributed by atoms with van der Waals surface area (Å²) in [5.74, 6) is -0.0595. The van der Waals surface area contributed by atoms with Gasteiger partial charge >= 0.3 is 11.9 Å². The zero-order valence-corrected chi connectivity index (χ0v) is 40.6. The molecule has 0 aromatic rings. The van der Waals surface area contributed by atoms with Crippen molar-refractivity contribution in [3.05, 3.63) is 0 Å². The van der Waals surface area contributed by atoms with Crippen molar-refractivity contribution in [2.75, 3.05) is 60.2 Å². The van der Waals surface area contributed by atoms with Gasteiger partial charge in [0.05, 0.1) is 40.2 Å². The maximum Gasteiger partial charge on any atom is 0.306 e. The third kappa shape index (κ3) is 39.5. The summed E-state index contributed by atoms with van der Waals surface area (Å²) in [5.41, 5.74) is 0. The molecule has 0 amide bonds. The molecule has 60 heavy (non-hydrogen) atoms. The van der Waals surface area contributed by atoms with Crippen LogP contribution in [0.1, 0.15) is 240 Å². The number of ether oxygens (including phenoxy) is 2. The first kappa shape index (κ1) is 58.7. The van der Waals surface area contributed by atoms with Crippen LogP contribution in [0.4, 0.5) is 0 Å². The summed E-state index contributed by atoms with van der Waals surface area (Å²) in [6.07, 6.45) is 38.1. The molecule has 0 aliphatic rings. The van der Waals surface area contributed by atoms with Crippen LogP contribution in [0, 0.1) is 0 Å². The van der Waals surface area contributed by atoms with Crippen molar-refractivity contribution in [2.45, 2.75) is 252 Å². The van der Waals surface area contributed by atoms with Crippen molar-refractivity contribution in [3.8, 4) is 0 Å². The predicted octanol–water partition coefficient (Wildman–Crippen LogP) is 13.5. The quantitative estimate of drug-likeness (QED) is 0.0193. The van der Waals surface area contributed by atoms with Crippen molar-refractivity contribution < 1.29 is 38.6 Å². The van der Waals surface area contributed by atoms with Gasteiger partial charge in [0.25, 0.3) is 0 Å². The van der Waals surface area contributed by atoms with E-state index in [1.807, 2.05) is 0 Å². The Kier molecular flexibility index (Phi) is 46.2. The van der Waals surface area contributed by atoms with E-state index in [-0.39, 0.29) is 24.2 Å². The molecule has 0 aliphatic carbocycles. The smallest absolute Gasteiger partial charge is 0.306 e. The highest BCUT2D eigenvalue weighted by Gasteiger charge is 2.21. The summed E-state index contributed by atoms with van der Waals surface area (Å²) < 4.78 is 11.6. The Hall–Kier alpha value is -1.30. The summed E-state index contributed by atoms with van der Waals surface area (Å²) in [7, 11) is 3.07. The molecule has 0 rings (SSSR count). The summed E-state index contributed by atoms with van der Waals surface area (Å²) in [6.45, 7) is 13.9. The standard InChI is InChI=1S/C50H100N2O8/c1-7-10-13-16-19-20-21-27-35-44-57-49(53)38-32-28-34-41-51(47(4)52(42-45-58-55-5)43-46-59-56-6)40-33-26-22-25-31-39-50(54)60-48(36-29-23-17-14-11-8-2)37-30-24-18-15-12-9-3/h47-48H,7-46H2,1-6H3. The number of unbranched alkanes of at least 4 members (excludes halogenated alkanes) is 24. The number of carbonyl (C=O) groups excluding carboxylic acids is 2. The molecule has 358 valence electrons. The molecule has 10 heteroatoms. The molecule has 0 spiro atoms. The van der Waals surface area contributed by atoms with Crippen LogP contribution in [0.3, 0.4) is 0 Å². The van der Waals surface area contributed by atoms with Gasteiger partial charge in [0, 0.05) is 25.9 Å². The lowest BCUT2D eigenvalue weighted by Gasteiger charge is -2.37. The van der Waals surface area contributed by atoms with Crippen molar-refractivity contribution in [1.29, 1.82) is 0 Å². The highest BCUT2D eigenvalue weighted by Crippen LogP contribution is 2.19. The number of hydrogen-bond donors (Lipinski definition) is 0. The van der Waals surface area contributed by atoms with Crippen LogP contribution < -0.4 is 0 Å². The molecule has 0 bridgehead atoms. The van der Waals surface area contributed by atoms with E-state index < -0.39 is 0 Å². The first-order valence-corrected chi connectivity index (χ1v) is 25.6. The minimum Gasteiger partial charge on any atom is -0.466 e. The largest absolute Gasteiger partial charge is 0.466 e. The minimum atomic E-state index is -0.0586. The molecule has 0 aliphatic heterocycles. The van der Waals surface area contributed by atoms with Crippen LogP contribution in [0.2, 0.25) is 0 Å². The first-order valence-electron chi connectivity index (χ1n) is 25.6. The SMILES string of the molecule is CCCCCCCCCCCOC(=O)CCCCCN(CCCCCCCC(=O)OC(CCCCCCCC)CCCCCCCC)C(C)N(CCOOC)CCOOC. The average Bonchev–Trinajstić information content (AvgIpc) is 3.24. The van der Waals surface area contributed by atoms with E-state index in [2.05, 4.69) is 37.5 Å². The molecule has 10 nitrogen and oxygen atoms in total. The van der Waals surface area contributed by atoms with Crippen LogP contribution in [0.25, 0.3) is 0 Å². The number of nitrogens with zero attached hydrogens (tertiary/aromatic N) is 2. The topological polar surface area (TPSA) is 96.0 Å². The molecule has 0 saturated carbocycles. The van der Waals surface area contributed by atoms with Gasteiger partial charge in [-0.15, -0.1) is 0 Å². The second kappa shape index (κ2) is 47.2. The fraction of sp³-hybridized carbons (Fsp3) is 0.960. The third-order valence-electron chi connectivity index (χ3n) is 11.9. The molecular formula is C50H100N2O8. The van der Waals surface area contributed by atoms with E-state index in [4.69, 9.17) is 29.0 Å². The predicted molar refractivity (Wildman–Crippen MR) is 249 cm³/mol. The minimum absolute atomic E-state index is 0.000900. The molecule has 0 aromatic carbocycles. The summed E-state index contributed by atoms with van der Waals surface area (Å²) in [4.78, 5) is 50.4. The van der Waals surface area contributed by atoms with Gasteiger partial charge in [-0.2, -0.15) is 0 Å². The maximum atomic E-state index is 12.9. The van der Waals surface area contributed by atoms with Gasteiger partial charge in [0.1, 0.15) is 6.10 Å². The lowest BCUT2D eigenvalue weighted by Crippen LogP contribution is -2.49. The van der Waals surface area contributed by atoms with Gasteiger partial charge in [-0.25, -0.2) is 19.6 Å². The second-order valence-corrected chi connectivity index (χ2v) is 17.3. The van der Waals surface area contributed by atoms with E-state index in [0.29, 0.717) is 45.8 Å². The molecule has 0 saturated heterocycles. The Labute approximate surface area is 371 Å². The molecular weight excluding hydrogens is 757 g/mol. The molecule has 0 aromatic heterocycles. The number of hydrogen-bond acceptors (Lipinski definition) is 10. The summed E-state index contributed by atoms with van der Waals surface area (Å²) in [5, 5.41) is 0. The Morgan fingerprint density at radius 2 is 0.783 bits per heavy atom. The monoisotopic (exact) mass is 857 g/mol. The first-order chi connectivity index (χ1) is 29.4. The van der Waals surface area contributed by atoms with Gasteiger partial charge in [0.2, 0.25) is 0 Å². The highest BCUT2D eigenvalue weighted by molar-refractivity contribution is 5.69. The summed E-state index contributed by atoms with van der Waals surface area (Å²) in [6, 6.07) is 0. The van der Waals surface area contributed by atoms with Crippen molar-refractivity contribution >= 4 is 11.9 Å². The number of rotatable bonds is 49. The van der Waals surface area contributed by atoms with Gasteiger partial charge in [-0.1, -0.05) is 162 Å². The normalized spacial score (nSPS) is 12.3. The lowest BCUT2D eigenvalue weighted by atomic mass is 10.0. The number of carbonyl (C=O) groups is 2.